The van der Waals surface area contributed by atoms with Gasteiger partial charge in [0.05, 0.1) is 5.56 Å². The molecule has 1 aromatic heterocycles. The number of benzene rings is 3. The van der Waals surface area contributed by atoms with Crippen molar-refractivity contribution in [2.45, 2.75) is 6.92 Å². The largest absolute Gasteiger partial charge is 0.422 e. The third-order valence-electron chi connectivity index (χ3n) is 4.49. The molecule has 0 atom stereocenters. The van der Waals surface area contributed by atoms with Gasteiger partial charge in [-0.3, -0.25) is 4.79 Å². The van der Waals surface area contributed by atoms with E-state index < -0.39 is 5.63 Å². The Bertz CT molecular complexity index is 1260. The van der Waals surface area contributed by atoms with E-state index in [1.54, 1.807) is 36.4 Å². The monoisotopic (exact) mass is 433 g/mol. The molecule has 1 amide bonds. The zero-order chi connectivity index (χ0) is 19.7. The first-order valence-electron chi connectivity index (χ1n) is 8.72. The number of carbonyl (C=O) groups is 1. The molecule has 0 unspecified atom stereocenters. The summed E-state index contributed by atoms with van der Waals surface area (Å²) in [5.74, 6) is -0.242. The average molecular weight is 434 g/mol. The molecule has 0 saturated carbocycles. The molecule has 138 valence electrons. The molecule has 0 spiro atoms. The molecule has 0 saturated heterocycles. The summed E-state index contributed by atoms with van der Waals surface area (Å²) in [5.41, 5.74) is 3.37. The lowest BCUT2D eigenvalue weighted by Crippen LogP contribution is -2.12. The fourth-order valence-electron chi connectivity index (χ4n) is 3.02. The van der Waals surface area contributed by atoms with Crippen LogP contribution < -0.4 is 10.9 Å². The second-order valence-corrected chi connectivity index (χ2v) is 7.34. The van der Waals surface area contributed by atoms with Gasteiger partial charge in [0, 0.05) is 21.1 Å². The van der Waals surface area contributed by atoms with E-state index >= 15 is 0 Å². The Hall–Kier alpha value is -3.18. The number of carbonyl (C=O) groups excluding carboxylic acids is 1. The Morgan fingerprint density at radius 1 is 0.964 bits per heavy atom. The lowest BCUT2D eigenvalue weighted by atomic mass is 10.0. The summed E-state index contributed by atoms with van der Waals surface area (Å²) >= 11 is 3.45. The first-order valence-corrected chi connectivity index (χ1v) is 9.51. The summed E-state index contributed by atoms with van der Waals surface area (Å²) in [7, 11) is 0. The molecule has 1 heterocycles. The van der Waals surface area contributed by atoms with Gasteiger partial charge in [0.15, 0.2) is 0 Å². The van der Waals surface area contributed by atoms with Gasteiger partial charge in [0.2, 0.25) is 0 Å². The lowest BCUT2D eigenvalue weighted by Gasteiger charge is -2.09. The Morgan fingerprint density at radius 2 is 1.79 bits per heavy atom. The first kappa shape index (κ1) is 18.2. The first-order chi connectivity index (χ1) is 13.5. The van der Waals surface area contributed by atoms with Crippen LogP contribution in [-0.4, -0.2) is 5.91 Å². The van der Waals surface area contributed by atoms with Gasteiger partial charge in [0.1, 0.15) is 5.58 Å². The van der Waals surface area contributed by atoms with E-state index in [4.69, 9.17) is 4.42 Å². The Labute approximate surface area is 170 Å². The number of nitrogens with one attached hydrogen (secondary N) is 1. The minimum atomic E-state index is -0.431. The Kier molecular flexibility index (Phi) is 4.84. The highest BCUT2D eigenvalue weighted by Crippen LogP contribution is 2.23. The van der Waals surface area contributed by atoms with Crippen LogP contribution in [0.2, 0.25) is 0 Å². The van der Waals surface area contributed by atoms with E-state index in [1.165, 1.54) is 0 Å². The summed E-state index contributed by atoms with van der Waals surface area (Å²) in [6, 6.07) is 21.7. The van der Waals surface area contributed by atoms with Crippen molar-refractivity contribution >= 4 is 38.5 Å². The van der Waals surface area contributed by atoms with Crippen molar-refractivity contribution in [1.82, 2.24) is 0 Å². The normalized spacial score (nSPS) is 10.8. The Balaban J connectivity index is 1.68. The summed E-state index contributed by atoms with van der Waals surface area (Å²) < 4.78 is 6.39. The summed E-state index contributed by atoms with van der Waals surface area (Å²) in [5, 5.41) is 3.72. The van der Waals surface area contributed by atoms with Crippen molar-refractivity contribution in [1.29, 1.82) is 0 Å². The van der Waals surface area contributed by atoms with Crippen LogP contribution in [0.1, 0.15) is 15.9 Å². The highest BCUT2D eigenvalue weighted by Gasteiger charge is 2.12. The van der Waals surface area contributed by atoms with Crippen molar-refractivity contribution in [3.8, 4) is 11.1 Å². The molecular weight excluding hydrogens is 418 g/mol. The van der Waals surface area contributed by atoms with E-state index in [0.717, 1.165) is 15.4 Å². The van der Waals surface area contributed by atoms with Gasteiger partial charge >= 0.3 is 5.63 Å². The van der Waals surface area contributed by atoms with Crippen molar-refractivity contribution in [2.75, 3.05) is 5.32 Å². The van der Waals surface area contributed by atoms with Gasteiger partial charge in [-0.05, 0) is 60.5 Å². The zero-order valence-corrected chi connectivity index (χ0v) is 16.6. The molecule has 1 N–H and O–H groups in total. The second-order valence-electron chi connectivity index (χ2n) is 6.48. The topological polar surface area (TPSA) is 59.3 Å². The van der Waals surface area contributed by atoms with Crippen molar-refractivity contribution in [3.63, 3.8) is 0 Å². The third kappa shape index (κ3) is 3.62. The molecule has 4 nitrogen and oxygen atoms in total. The number of halogens is 1. The molecule has 0 radical (unpaired) electrons. The summed E-state index contributed by atoms with van der Waals surface area (Å²) in [6.45, 7) is 1.96. The minimum Gasteiger partial charge on any atom is -0.422 e. The second kappa shape index (κ2) is 7.44. The number of fused-ring (bicyclic) bond motifs is 1. The minimum absolute atomic E-state index is 0.242. The van der Waals surface area contributed by atoms with Crippen LogP contribution >= 0.6 is 15.9 Å². The van der Waals surface area contributed by atoms with Crippen molar-refractivity contribution < 1.29 is 9.21 Å². The lowest BCUT2D eigenvalue weighted by molar-refractivity contribution is 0.102. The third-order valence-corrected chi connectivity index (χ3v) is 5.38. The summed E-state index contributed by atoms with van der Waals surface area (Å²) in [4.78, 5) is 25.1. The maximum atomic E-state index is 12.7. The molecule has 4 rings (SSSR count). The smallest absolute Gasteiger partial charge is 0.344 e. The number of aryl methyl sites for hydroxylation is 1. The SMILES string of the molecule is Cc1cc(NC(=O)c2cccc(-c3cc4ccccc4oc3=O)c2)ccc1Br. The maximum absolute atomic E-state index is 12.7. The predicted molar refractivity (Wildman–Crippen MR) is 115 cm³/mol. The van der Waals surface area contributed by atoms with Gasteiger partial charge in [0.25, 0.3) is 5.91 Å². The highest BCUT2D eigenvalue weighted by atomic mass is 79.9. The van der Waals surface area contributed by atoms with Crippen LogP contribution in [0.25, 0.3) is 22.1 Å². The van der Waals surface area contributed by atoms with Crippen molar-refractivity contribution in [3.05, 3.63) is 98.8 Å². The molecule has 0 aliphatic rings. The van der Waals surface area contributed by atoms with Crippen LogP contribution in [0.15, 0.2) is 86.5 Å². The number of hydrogen-bond acceptors (Lipinski definition) is 3. The number of anilines is 1. The molecule has 28 heavy (non-hydrogen) atoms. The number of rotatable bonds is 3. The molecule has 0 fully saturated rings. The molecule has 0 aliphatic heterocycles. The van der Waals surface area contributed by atoms with Crippen molar-refractivity contribution in [2.24, 2.45) is 0 Å². The molecule has 3 aromatic carbocycles. The van der Waals surface area contributed by atoms with E-state index in [2.05, 4.69) is 21.2 Å². The van der Waals surface area contributed by atoms with Crippen LogP contribution in [0, 0.1) is 6.92 Å². The van der Waals surface area contributed by atoms with Crippen LogP contribution in [0.4, 0.5) is 5.69 Å². The number of para-hydroxylation sites is 1. The van der Waals surface area contributed by atoms with Gasteiger partial charge in [-0.15, -0.1) is 0 Å². The van der Waals surface area contributed by atoms with Gasteiger partial charge in [-0.1, -0.05) is 46.3 Å². The summed E-state index contributed by atoms with van der Waals surface area (Å²) in [6.07, 6.45) is 0. The fourth-order valence-corrected chi connectivity index (χ4v) is 3.26. The standard InChI is InChI=1S/C23H16BrNO3/c1-14-11-18(9-10-20(14)24)25-22(26)17-7-4-6-15(12-17)19-13-16-5-2-3-8-21(16)28-23(19)27/h2-13H,1H3,(H,25,26). The van der Waals surface area contributed by atoms with Gasteiger partial charge in [-0.2, -0.15) is 0 Å². The quantitative estimate of drug-likeness (QED) is 0.416. The van der Waals surface area contributed by atoms with Crippen LogP contribution in [0.5, 0.6) is 0 Å². The van der Waals surface area contributed by atoms with Gasteiger partial charge < -0.3 is 9.73 Å². The molecule has 5 heteroatoms. The van der Waals surface area contributed by atoms with E-state index in [1.807, 2.05) is 43.3 Å². The molecular formula is C23H16BrNO3. The Morgan fingerprint density at radius 3 is 2.61 bits per heavy atom. The van der Waals surface area contributed by atoms with E-state index in [0.29, 0.717) is 28.0 Å². The predicted octanol–water partition coefficient (Wildman–Crippen LogP) is 5.78. The zero-order valence-electron chi connectivity index (χ0n) is 15.0. The molecule has 4 aromatic rings. The maximum Gasteiger partial charge on any atom is 0.344 e. The highest BCUT2D eigenvalue weighted by molar-refractivity contribution is 9.10. The number of hydrogen-bond donors (Lipinski definition) is 1. The number of amides is 1. The molecule has 0 bridgehead atoms. The average Bonchev–Trinajstić information content (AvgIpc) is 2.70. The van der Waals surface area contributed by atoms with Gasteiger partial charge in [-0.25, -0.2) is 4.79 Å². The van der Waals surface area contributed by atoms with Crippen LogP contribution in [-0.2, 0) is 0 Å². The molecule has 0 aliphatic carbocycles. The fraction of sp³-hybridized carbons (Fsp3) is 0.0435. The van der Waals surface area contributed by atoms with E-state index in [9.17, 15) is 9.59 Å². The van der Waals surface area contributed by atoms with Crippen LogP contribution in [0.3, 0.4) is 0 Å². The van der Waals surface area contributed by atoms with E-state index in [-0.39, 0.29) is 5.91 Å².